The van der Waals surface area contributed by atoms with E-state index in [1.807, 2.05) is 6.07 Å². The number of ether oxygens (including phenoxy) is 2. The largest absolute Gasteiger partial charge is 0.387 e. The summed E-state index contributed by atoms with van der Waals surface area (Å²) < 4.78 is 12.8. The lowest BCUT2D eigenvalue weighted by Gasteiger charge is -2.16. The molecule has 0 saturated carbocycles. The Kier molecular flexibility index (Phi) is 7.00. The van der Waals surface area contributed by atoms with Crippen LogP contribution in [0.15, 0.2) is 55.1 Å². The monoisotopic (exact) mass is 494 g/mol. The lowest BCUT2D eigenvalue weighted by atomic mass is 10.1. The number of aliphatic hydroxyl groups excluding tert-OH is 2. The standard InChI is InChI=1S/C24H26N6O6/c31-17(25-11-15-7-4-10-35-15)9-8-16-19(32)20(33)24(36-16)30-13-28-18-21(26-12-27-22(18)30)29-23(34)14-5-2-1-3-6-14/h1-3,5-6,8-9,12-13,15-16,19-20,24,32-33H,4,7,10-11H2,(H,25,31)(H,26,27,29,34)/b9-8+/t15?,16-,19-,20-,24-/m1/s1. The Labute approximate surface area is 206 Å². The van der Waals surface area contributed by atoms with Crippen molar-refractivity contribution in [2.45, 2.75) is 43.5 Å². The number of amides is 2. The predicted molar refractivity (Wildman–Crippen MR) is 127 cm³/mol. The van der Waals surface area contributed by atoms with Crippen LogP contribution in [0.2, 0.25) is 0 Å². The van der Waals surface area contributed by atoms with Gasteiger partial charge in [0.05, 0.1) is 12.4 Å². The Morgan fingerprint density at radius 1 is 1.14 bits per heavy atom. The number of imidazole rings is 1. The van der Waals surface area contributed by atoms with E-state index in [9.17, 15) is 19.8 Å². The van der Waals surface area contributed by atoms with Gasteiger partial charge in [-0.25, -0.2) is 15.0 Å². The molecule has 2 aliphatic rings. The molecule has 2 aliphatic heterocycles. The minimum Gasteiger partial charge on any atom is -0.387 e. The molecule has 12 nitrogen and oxygen atoms in total. The number of hydrogen-bond donors (Lipinski definition) is 4. The first-order valence-electron chi connectivity index (χ1n) is 11.6. The van der Waals surface area contributed by atoms with Gasteiger partial charge in [-0.2, -0.15) is 0 Å². The summed E-state index contributed by atoms with van der Waals surface area (Å²) in [6.07, 6.45) is 2.65. The van der Waals surface area contributed by atoms with Crippen LogP contribution in [0.5, 0.6) is 0 Å². The van der Waals surface area contributed by atoms with E-state index in [4.69, 9.17) is 9.47 Å². The maximum Gasteiger partial charge on any atom is 0.256 e. The molecule has 2 aromatic heterocycles. The van der Waals surface area contributed by atoms with Gasteiger partial charge in [0.15, 0.2) is 23.2 Å². The fourth-order valence-corrected chi connectivity index (χ4v) is 4.23. The number of rotatable bonds is 7. The number of aromatic nitrogens is 4. The van der Waals surface area contributed by atoms with E-state index in [-0.39, 0.29) is 23.7 Å². The summed E-state index contributed by atoms with van der Waals surface area (Å²) in [7, 11) is 0. The van der Waals surface area contributed by atoms with E-state index < -0.39 is 24.5 Å². The van der Waals surface area contributed by atoms with Crippen LogP contribution in [0.25, 0.3) is 11.2 Å². The van der Waals surface area contributed by atoms with Crippen molar-refractivity contribution in [1.82, 2.24) is 24.8 Å². The van der Waals surface area contributed by atoms with Crippen LogP contribution in [0.3, 0.4) is 0 Å². The number of nitrogens with one attached hydrogen (secondary N) is 2. The maximum absolute atomic E-state index is 12.6. The number of carbonyl (C=O) groups excluding carboxylic acids is 2. The van der Waals surface area contributed by atoms with Crippen molar-refractivity contribution < 1.29 is 29.3 Å². The summed E-state index contributed by atoms with van der Waals surface area (Å²) in [5.41, 5.74) is 1.04. The fourth-order valence-electron chi connectivity index (χ4n) is 4.23. The first-order valence-corrected chi connectivity index (χ1v) is 11.6. The third kappa shape index (κ3) is 4.97. The molecule has 4 heterocycles. The number of benzene rings is 1. The van der Waals surface area contributed by atoms with Gasteiger partial charge < -0.3 is 30.3 Å². The molecule has 5 atom stereocenters. The van der Waals surface area contributed by atoms with Crippen LogP contribution in [-0.2, 0) is 14.3 Å². The second-order valence-electron chi connectivity index (χ2n) is 8.58. The normalized spacial score (nSPS) is 26.0. The Bertz CT molecular complexity index is 1260. The van der Waals surface area contributed by atoms with E-state index in [0.717, 1.165) is 12.8 Å². The molecule has 5 rings (SSSR count). The quantitative estimate of drug-likeness (QED) is 0.344. The zero-order valence-electron chi connectivity index (χ0n) is 19.2. The van der Waals surface area contributed by atoms with Gasteiger partial charge in [0.25, 0.3) is 5.91 Å². The SMILES string of the molecule is O=C(/C=C/[C@H]1O[C@@H](n2cnc3c(NC(=O)c4ccccc4)ncnc32)[C@H](O)[C@@H]1O)NCC1CCCO1. The second kappa shape index (κ2) is 10.5. The molecule has 0 bridgehead atoms. The number of nitrogens with zero attached hydrogens (tertiary/aromatic N) is 4. The summed E-state index contributed by atoms with van der Waals surface area (Å²) in [6.45, 7) is 1.11. The molecule has 1 unspecified atom stereocenters. The smallest absolute Gasteiger partial charge is 0.256 e. The Hall–Kier alpha value is -3.71. The van der Waals surface area contributed by atoms with Crippen LogP contribution in [0, 0.1) is 0 Å². The molecule has 36 heavy (non-hydrogen) atoms. The van der Waals surface area contributed by atoms with Gasteiger partial charge in [0, 0.05) is 24.8 Å². The predicted octanol–water partition coefficient (Wildman–Crippen LogP) is 0.549. The van der Waals surface area contributed by atoms with Gasteiger partial charge in [0.1, 0.15) is 24.6 Å². The molecular formula is C24H26N6O6. The highest BCUT2D eigenvalue weighted by Crippen LogP contribution is 2.32. The molecule has 4 N–H and O–H groups in total. The molecule has 188 valence electrons. The van der Waals surface area contributed by atoms with Crippen LogP contribution < -0.4 is 10.6 Å². The molecule has 2 saturated heterocycles. The average molecular weight is 495 g/mol. The fraction of sp³-hybridized carbons (Fsp3) is 0.375. The van der Waals surface area contributed by atoms with Crippen LogP contribution >= 0.6 is 0 Å². The van der Waals surface area contributed by atoms with Crippen molar-refractivity contribution in [3.63, 3.8) is 0 Å². The number of hydrogen-bond acceptors (Lipinski definition) is 9. The minimum atomic E-state index is -1.32. The van der Waals surface area contributed by atoms with Crippen molar-refractivity contribution in [2.75, 3.05) is 18.5 Å². The molecule has 2 amide bonds. The number of carbonyl (C=O) groups is 2. The highest BCUT2D eigenvalue weighted by Gasteiger charge is 2.43. The summed E-state index contributed by atoms with van der Waals surface area (Å²) in [5, 5.41) is 26.6. The molecule has 2 fully saturated rings. The molecule has 3 aromatic rings. The minimum absolute atomic E-state index is 0.0146. The first-order chi connectivity index (χ1) is 17.5. The molecule has 0 radical (unpaired) electrons. The Balaban J connectivity index is 1.28. The first kappa shape index (κ1) is 24.0. The van der Waals surface area contributed by atoms with Gasteiger partial charge in [-0.3, -0.25) is 14.2 Å². The van der Waals surface area contributed by atoms with Crippen LogP contribution in [0.1, 0.15) is 29.4 Å². The lowest BCUT2D eigenvalue weighted by Crippen LogP contribution is -2.32. The van der Waals surface area contributed by atoms with Crippen molar-refractivity contribution >= 4 is 28.8 Å². The van der Waals surface area contributed by atoms with Crippen molar-refractivity contribution in [2.24, 2.45) is 0 Å². The second-order valence-corrected chi connectivity index (χ2v) is 8.58. The van der Waals surface area contributed by atoms with Gasteiger partial charge in [-0.05, 0) is 31.1 Å². The zero-order chi connectivity index (χ0) is 25.1. The molecule has 12 heteroatoms. The van der Waals surface area contributed by atoms with Crippen molar-refractivity contribution in [1.29, 1.82) is 0 Å². The van der Waals surface area contributed by atoms with Crippen LogP contribution in [0.4, 0.5) is 5.82 Å². The third-order valence-corrected chi connectivity index (χ3v) is 6.14. The number of aliphatic hydroxyl groups is 2. The number of fused-ring (bicyclic) bond motifs is 1. The summed E-state index contributed by atoms with van der Waals surface area (Å²) in [6, 6.07) is 8.66. The van der Waals surface area contributed by atoms with Crippen molar-refractivity contribution in [3.8, 4) is 0 Å². The third-order valence-electron chi connectivity index (χ3n) is 6.14. The summed E-state index contributed by atoms with van der Waals surface area (Å²) in [5.74, 6) is -0.514. The number of anilines is 1. The van der Waals surface area contributed by atoms with Gasteiger partial charge >= 0.3 is 0 Å². The van der Waals surface area contributed by atoms with Gasteiger partial charge in [-0.1, -0.05) is 18.2 Å². The topological polar surface area (TPSA) is 161 Å². The maximum atomic E-state index is 12.6. The Morgan fingerprint density at radius 3 is 2.75 bits per heavy atom. The van der Waals surface area contributed by atoms with Crippen molar-refractivity contribution in [3.05, 3.63) is 60.7 Å². The highest BCUT2D eigenvalue weighted by molar-refractivity contribution is 6.06. The highest BCUT2D eigenvalue weighted by atomic mass is 16.6. The molecular weight excluding hydrogens is 468 g/mol. The molecule has 1 aromatic carbocycles. The Morgan fingerprint density at radius 2 is 1.97 bits per heavy atom. The average Bonchev–Trinajstić information content (AvgIpc) is 3.63. The van der Waals surface area contributed by atoms with Gasteiger partial charge in [0.2, 0.25) is 5.91 Å². The molecule has 0 aliphatic carbocycles. The summed E-state index contributed by atoms with van der Waals surface area (Å²) >= 11 is 0. The lowest BCUT2D eigenvalue weighted by molar-refractivity contribution is -0.117. The summed E-state index contributed by atoms with van der Waals surface area (Å²) in [4.78, 5) is 37.3. The van der Waals surface area contributed by atoms with Gasteiger partial charge in [-0.15, -0.1) is 0 Å². The van der Waals surface area contributed by atoms with Crippen LogP contribution in [-0.4, -0.2) is 79.1 Å². The zero-order valence-corrected chi connectivity index (χ0v) is 19.2. The van der Waals surface area contributed by atoms with E-state index in [1.165, 1.54) is 29.4 Å². The van der Waals surface area contributed by atoms with E-state index >= 15 is 0 Å². The van der Waals surface area contributed by atoms with E-state index in [1.54, 1.807) is 24.3 Å². The van der Waals surface area contributed by atoms with E-state index in [2.05, 4.69) is 25.6 Å². The van der Waals surface area contributed by atoms with E-state index in [0.29, 0.717) is 29.9 Å². The molecule has 0 spiro atoms.